The molecule has 0 N–H and O–H groups in total. The van der Waals surface area contributed by atoms with Crippen LogP contribution in [0.1, 0.15) is 40.4 Å². The number of nitrogens with zero attached hydrogens (tertiary/aromatic N) is 2. The number of rotatable bonds is 7. The second-order valence-electron chi connectivity index (χ2n) is 7.60. The first-order chi connectivity index (χ1) is 14.2. The molecule has 0 aromatic heterocycles. The van der Waals surface area contributed by atoms with Crippen LogP contribution < -0.4 is 4.74 Å². The zero-order chi connectivity index (χ0) is 21.9. The van der Waals surface area contributed by atoms with Crippen LogP contribution in [0.3, 0.4) is 0 Å². The number of benzene rings is 2. The maximum absolute atomic E-state index is 13.4. The Balaban J connectivity index is 1.83. The molecule has 1 fully saturated rings. The molecule has 1 amide bonds. The van der Waals surface area contributed by atoms with E-state index in [0.29, 0.717) is 6.54 Å². The number of para-hydroxylation sites is 1. The fourth-order valence-electron chi connectivity index (χ4n) is 3.64. The van der Waals surface area contributed by atoms with Gasteiger partial charge in [-0.2, -0.15) is 17.6 Å². The lowest BCUT2D eigenvalue weighted by atomic mass is 10.0. The van der Waals surface area contributed by atoms with Gasteiger partial charge in [0.15, 0.2) is 0 Å². The molecule has 0 aliphatic carbocycles. The van der Waals surface area contributed by atoms with Gasteiger partial charge in [0, 0.05) is 13.1 Å². The number of halogens is 4. The van der Waals surface area contributed by atoms with Crippen LogP contribution in [0.15, 0.2) is 48.5 Å². The molecule has 0 spiro atoms. The number of alkyl halides is 4. The Labute approximate surface area is 173 Å². The Morgan fingerprint density at radius 1 is 1.17 bits per heavy atom. The van der Waals surface area contributed by atoms with Crippen LogP contribution in [0.5, 0.6) is 5.75 Å². The lowest BCUT2D eigenvalue weighted by molar-refractivity contribution is -0.253. The highest BCUT2D eigenvalue weighted by Crippen LogP contribution is 2.36. The maximum Gasteiger partial charge on any atom is 0.461 e. The van der Waals surface area contributed by atoms with E-state index in [1.54, 1.807) is 4.90 Å². The van der Waals surface area contributed by atoms with E-state index in [9.17, 15) is 22.4 Å². The SMILES string of the molecule is CN(C)Cc1ccc(C2CCCN2C(=O)c2ccccc2OC(F)(F)C(F)F)cc1. The first-order valence-corrected chi connectivity index (χ1v) is 9.67. The molecule has 1 aliphatic rings. The average Bonchev–Trinajstić information content (AvgIpc) is 3.17. The van der Waals surface area contributed by atoms with Gasteiger partial charge in [-0.1, -0.05) is 36.4 Å². The standard InChI is InChI=1S/C22H24F4N2O2/c1-27(2)14-15-9-11-16(12-10-15)18-7-5-13-28(18)20(29)17-6-3-4-8-19(17)30-22(25,26)21(23)24/h3-4,6,8-12,18,21H,5,7,13-14H2,1-2H3. The van der Waals surface area contributed by atoms with Gasteiger partial charge < -0.3 is 14.5 Å². The summed E-state index contributed by atoms with van der Waals surface area (Å²) in [5.41, 5.74) is 1.92. The fraction of sp³-hybridized carbons (Fsp3) is 0.409. The first-order valence-electron chi connectivity index (χ1n) is 9.67. The molecule has 1 aliphatic heterocycles. The van der Waals surface area contributed by atoms with Crippen LogP contribution in [0.4, 0.5) is 17.6 Å². The quantitative estimate of drug-likeness (QED) is 0.589. The minimum atomic E-state index is -4.68. The summed E-state index contributed by atoms with van der Waals surface area (Å²) in [7, 11) is 3.95. The predicted octanol–water partition coefficient (Wildman–Crippen LogP) is 4.96. The van der Waals surface area contributed by atoms with E-state index >= 15 is 0 Å². The Hall–Kier alpha value is -2.61. The van der Waals surface area contributed by atoms with E-state index in [-0.39, 0.29) is 11.6 Å². The molecular formula is C22H24F4N2O2. The molecule has 0 bridgehead atoms. The number of amides is 1. The molecule has 1 saturated heterocycles. The van der Waals surface area contributed by atoms with Crippen LogP contribution in [0.2, 0.25) is 0 Å². The van der Waals surface area contributed by atoms with Crippen molar-refractivity contribution in [1.29, 1.82) is 0 Å². The highest BCUT2D eigenvalue weighted by molar-refractivity contribution is 5.97. The highest BCUT2D eigenvalue weighted by Gasteiger charge is 2.45. The van der Waals surface area contributed by atoms with Gasteiger partial charge in [0.05, 0.1) is 11.6 Å². The monoisotopic (exact) mass is 424 g/mol. The minimum Gasteiger partial charge on any atom is -0.427 e. The summed E-state index contributed by atoms with van der Waals surface area (Å²) in [6, 6.07) is 13.0. The molecule has 162 valence electrons. The Morgan fingerprint density at radius 3 is 2.47 bits per heavy atom. The third-order valence-corrected chi connectivity index (χ3v) is 4.99. The molecule has 1 atom stereocenters. The molecule has 3 rings (SSSR count). The number of ether oxygens (including phenoxy) is 1. The summed E-state index contributed by atoms with van der Waals surface area (Å²) in [6.07, 6.45) is -7.19. The van der Waals surface area contributed by atoms with Gasteiger partial charge in [-0.05, 0) is 50.2 Å². The number of carbonyl (C=O) groups is 1. The van der Waals surface area contributed by atoms with Crippen molar-refractivity contribution in [2.45, 2.75) is 38.0 Å². The molecule has 4 nitrogen and oxygen atoms in total. The summed E-state index contributed by atoms with van der Waals surface area (Å²) in [5, 5.41) is 0. The lowest BCUT2D eigenvalue weighted by Gasteiger charge is -2.27. The van der Waals surface area contributed by atoms with E-state index in [0.717, 1.165) is 36.6 Å². The third kappa shape index (κ3) is 4.92. The summed E-state index contributed by atoms with van der Waals surface area (Å²) in [6.45, 7) is 1.24. The summed E-state index contributed by atoms with van der Waals surface area (Å²) in [4.78, 5) is 16.8. The summed E-state index contributed by atoms with van der Waals surface area (Å²) < 4.78 is 56.2. The second-order valence-corrected chi connectivity index (χ2v) is 7.60. The number of carbonyl (C=O) groups excluding carboxylic acids is 1. The molecule has 1 heterocycles. The van der Waals surface area contributed by atoms with Gasteiger partial charge >= 0.3 is 12.5 Å². The van der Waals surface area contributed by atoms with Crippen LogP contribution in [-0.2, 0) is 6.54 Å². The topological polar surface area (TPSA) is 32.8 Å². The van der Waals surface area contributed by atoms with Crippen molar-refractivity contribution in [2.75, 3.05) is 20.6 Å². The summed E-state index contributed by atoms with van der Waals surface area (Å²) >= 11 is 0. The van der Waals surface area contributed by atoms with Crippen LogP contribution in [0, 0.1) is 0 Å². The van der Waals surface area contributed by atoms with Gasteiger partial charge in [0.2, 0.25) is 0 Å². The zero-order valence-corrected chi connectivity index (χ0v) is 16.8. The minimum absolute atomic E-state index is 0.158. The van der Waals surface area contributed by atoms with Gasteiger partial charge in [0.25, 0.3) is 5.91 Å². The Morgan fingerprint density at radius 2 is 1.83 bits per heavy atom. The molecule has 0 radical (unpaired) electrons. The molecule has 30 heavy (non-hydrogen) atoms. The smallest absolute Gasteiger partial charge is 0.427 e. The van der Waals surface area contributed by atoms with Gasteiger partial charge in [-0.25, -0.2) is 0 Å². The second kappa shape index (κ2) is 9.04. The number of likely N-dealkylation sites (tertiary alicyclic amines) is 1. The number of hydrogen-bond donors (Lipinski definition) is 0. The van der Waals surface area contributed by atoms with E-state index in [1.165, 1.54) is 18.2 Å². The van der Waals surface area contributed by atoms with Crippen LogP contribution in [0.25, 0.3) is 0 Å². The molecule has 1 unspecified atom stereocenters. The van der Waals surface area contributed by atoms with E-state index in [4.69, 9.17) is 0 Å². The average molecular weight is 424 g/mol. The van der Waals surface area contributed by atoms with Crippen molar-refractivity contribution in [3.63, 3.8) is 0 Å². The predicted molar refractivity (Wildman–Crippen MR) is 105 cm³/mol. The van der Waals surface area contributed by atoms with Crippen molar-refractivity contribution in [3.05, 3.63) is 65.2 Å². The van der Waals surface area contributed by atoms with E-state index in [2.05, 4.69) is 4.74 Å². The van der Waals surface area contributed by atoms with Gasteiger partial charge in [0.1, 0.15) is 5.75 Å². The lowest BCUT2D eigenvalue weighted by Crippen LogP contribution is -2.35. The van der Waals surface area contributed by atoms with Crippen molar-refractivity contribution < 1.29 is 27.1 Å². The molecule has 2 aromatic carbocycles. The summed E-state index contributed by atoms with van der Waals surface area (Å²) in [5.74, 6) is -1.07. The van der Waals surface area contributed by atoms with Crippen LogP contribution >= 0.6 is 0 Å². The van der Waals surface area contributed by atoms with Crippen molar-refractivity contribution in [2.24, 2.45) is 0 Å². The first kappa shape index (κ1) is 22.1. The van der Waals surface area contributed by atoms with Crippen LogP contribution in [-0.4, -0.2) is 48.9 Å². The molecule has 0 saturated carbocycles. The van der Waals surface area contributed by atoms with Crippen molar-refractivity contribution in [1.82, 2.24) is 9.80 Å². The number of hydrogen-bond acceptors (Lipinski definition) is 3. The third-order valence-electron chi connectivity index (χ3n) is 4.99. The Kier molecular flexibility index (Phi) is 6.65. The highest BCUT2D eigenvalue weighted by atomic mass is 19.3. The maximum atomic E-state index is 13.4. The normalized spacial score (nSPS) is 17.1. The molecule has 2 aromatic rings. The van der Waals surface area contributed by atoms with Crippen molar-refractivity contribution in [3.8, 4) is 5.75 Å². The van der Waals surface area contributed by atoms with E-state index < -0.39 is 24.2 Å². The largest absolute Gasteiger partial charge is 0.461 e. The molecular weight excluding hydrogens is 400 g/mol. The Bertz CT molecular complexity index is 872. The molecule has 8 heteroatoms. The van der Waals surface area contributed by atoms with Crippen molar-refractivity contribution >= 4 is 5.91 Å². The van der Waals surface area contributed by atoms with Gasteiger partial charge in [-0.15, -0.1) is 0 Å². The van der Waals surface area contributed by atoms with E-state index in [1.807, 2.05) is 43.3 Å². The zero-order valence-electron chi connectivity index (χ0n) is 16.8. The van der Waals surface area contributed by atoms with Gasteiger partial charge in [-0.3, -0.25) is 4.79 Å². The fourth-order valence-corrected chi connectivity index (χ4v) is 3.64.